The molecular formula is C18H26O. The van der Waals surface area contributed by atoms with Gasteiger partial charge in [-0.15, -0.1) is 0 Å². The Balaban J connectivity index is 2.75. The normalized spacial score (nSPS) is 27.7. The monoisotopic (exact) mass is 258 g/mol. The third-order valence-electron chi connectivity index (χ3n) is 5.42. The highest BCUT2D eigenvalue weighted by atomic mass is 16.1. The third kappa shape index (κ3) is 1.94. The summed E-state index contributed by atoms with van der Waals surface area (Å²) in [7, 11) is 0. The van der Waals surface area contributed by atoms with Crippen molar-refractivity contribution in [3.05, 3.63) is 34.9 Å². The van der Waals surface area contributed by atoms with Crippen LogP contribution in [0.15, 0.2) is 18.2 Å². The Morgan fingerprint density at radius 2 is 1.63 bits per heavy atom. The Morgan fingerprint density at radius 1 is 1.05 bits per heavy atom. The maximum absolute atomic E-state index is 12.2. The van der Waals surface area contributed by atoms with Gasteiger partial charge in [0.05, 0.1) is 0 Å². The van der Waals surface area contributed by atoms with Crippen molar-refractivity contribution in [2.75, 3.05) is 0 Å². The summed E-state index contributed by atoms with van der Waals surface area (Å²) < 4.78 is 0. The first-order chi connectivity index (χ1) is 8.60. The lowest BCUT2D eigenvalue weighted by Gasteiger charge is -2.51. The van der Waals surface area contributed by atoms with Gasteiger partial charge in [0.1, 0.15) is 5.78 Å². The predicted octanol–water partition coefficient (Wildman–Crippen LogP) is 4.41. The second-order valence-corrected chi connectivity index (χ2v) is 7.37. The van der Waals surface area contributed by atoms with Crippen molar-refractivity contribution in [2.45, 2.75) is 59.3 Å². The molecule has 0 aromatic heterocycles. The van der Waals surface area contributed by atoms with Crippen molar-refractivity contribution in [2.24, 2.45) is 11.8 Å². The SMILES string of the molecule is CC(=O)C1C(C)C(C)(C)c2cc(C)ccc2C1(C)C. The second kappa shape index (κ2) is 4.19. The Kier molecular flexibility index (Phi) is 3.16. The molecule has 1 aliphatic carbocycles. The van der Waals surface area contributed by atoms with Crippen LogP contribution in [0.25, 0.3) is 0 Å². The second-order valence-electron chi connectivity index (χ2n) is 7.37. The third-order valence-corrected chi connectivity index (χ3v) is 5.42. The number of hydrogen-bond acceptors (Lipinski definition) is 1. The Labute approximate surface area is 117 Å². The summed E-state index contributed by atoms with van der Waals surface area (Å²) in [4.78, 5) is 12.2. The van der Waals surface area contributed by atoms with Gasteiger partial charge in [-0.05, 0) is 41.7 Å². The van der Waals surface area contributed by atoms with Gasteiger partial charge in [0.25, 0.3) is 0 Å². The molecule has 1 nitrogen and oxygen atoms in total. The average Bonchev–Trinajstić information content (AvgIpc) is 2.26. The van der Waals surface area contributed by atoms with E-state index < -0.39 is 0 Å². The number of ketones is 1. The minimum Gasteiger partial charge on any atom is -0.300 e. The van der Waals surface area contributed by atoms with Crippen LogP contribution in [0.3, 0.4) is 0 Å². The molecule has 1 aromatic rings. The largest absolute Gasteiger partial charge is 0.300 e. The number of carbonyl (C=O) groups excluding carboxylic acids is 1. The molecule has 0 bridgehead atoms. The number of hydrogen-bond donors (Lipinski definition) is 0. The van der Waals surface area contributed by atoms with E-state index >= 15 is 0 Å². The first-order valence-electron chi connectivity index (χ1n) is 7.22. The minimum atomic E-state index is -0.0796. The average molecular weight is 258 g/mol. The lowest BCUT2D eigenvalue weighted by Crippen LogP contribution is -2.50. The lowest BCUT2D eigenvalue weighted by atomic mass is 9.52. The molecule has 0 fully saturated rings. The van der Waals surface area contributed by atoms with Gasteiger partial charge in [-0.25, -0.2) is 0 Å². The topological polar surface area (TPSA) is 17.1 Å². The van der Waals surface area contributed by atoms with Crippen molar-refractivity contribution in [1.29, 1.82) is 0 Å². The molecule has 2 rings (SSSR count). The molecule has 0 N–H and O–H groups in total. The Bertz CT molecular complexity index is 522. The van der Waals surface area contributed by atoms with E-state index in [1.54, 1.807) is 6.92 Å². The van der Waals surface area contributed by atoms with Crippen molar-refractivity contribution >= 4 is 5.78 Å². The van der Waals surface area contributed by atoms with E-state index in [1.165, 1.54) is 16.7 Å². The van der Waals surface area contributed by atoms with E-state index in [0.717, 1.165) is 0 Å². The van der Waals surface area contributed by atoms with Crippen LogP contribution in [0.1, 0.15) is 58.2 Å². The molecule has 1 aliphatic rings. The molecule has 0 amide bonds. The van der Waals surface area contributed by atoms with E-state index in [-0.39, 0.29) is 16.7 Å². The van der Waals surface area contributed by atoms with Gasteiger partial charge in [-0.1, -0.05) is 58.4 Å². The number of benzene rings is 1. The van der Waals surface area contributed by atoms with Crippen LogP contribution in [-0.2, 0) is 15.6 Å². The van der Waals surface area contributed by atoms with Gasteiger partial charge < -0.3 is 0 Å². The molecule has 0 saturated carbocycles. The summed E-state index contributed by atoms with van der Waals surface area (Å²) in [5, 5.41) is 0. The fourth-order valence-electron chi connectivity index (χ4n) is 4.07. The number of fused-ring (bicyclic) bond motifs is 1. The Hall–Kier alpha value is -1.11. The van der Waals surface area contributed by atoms with Crippen molar-refractivity contribution < 1.29 is 4.79 Å². The van der Waals surface area contributed by atoms with Gasteiger partial charge in [-0.3, -0.25) is 4.79 Å². The van der Waals surface area contributed by atoms with E-state index in [4.69, 9.17) is 0 Å². The van der Waals surface area contributed by atoms with Gasteiger partial charge >= 0.3 is 0 Å². The van der Waals surface area contributed by atoms with Crippen molar-refractivity contribution in [1.82, 2.24) is 0 Å². The number of Topliss-reactive ketones (excluding diaryl/α,β-unsaturated/α-hetero) is 1. The van der Waals surface area contributed by atoms with Crippen LogP contribution < -0.4 is 0 Å². The van der Waals surface area contributed by atoms with E-state index in [9.17, 15) is 4.79 Å². The molecule has 0 saturated heterocycles. The number of carbonyl (C=O) groups is 1. The van der Waals surface area contributed by atoms with Gasteiger partial charge in [0, 0.05) is 5.92 Å². The van der Waals surface area contributed by atoms with Gasteiger partial charge in [0.15, 0.2) is 0 Å². The molecule has 0 spiro atoms. The fourth-order valence-corrected chi connectivity index (χ4v) is 4.07. The molecule has 0 aliphatic heterocycles. The number of rotatable bonds is 1. The highest BCUT2D eigenvalue weighted by Crippen LogP contribution is 2.52. The molecule has 0 heterocycles. The van der Waals surface area contributed by atoms with Crippen LogP contribution in [0, 0.1) is 18.8 Å². The van der Waals surface area contributed by atoms with Crippen LogP contribution in [0.4, 0.5) is 0 Å². The zero-order chi connectivity index (χ0) is 14.6. The van der Waals surface area contributed by atoms with Gasteiger partial charge in [0.2, 0.25) is 0 Å². The van der Waals surface area contributed by atoms with Crippen LogP contribution in [-0.4, -0.2) is 5.78 Å². The highest BCUT2D eigenvalue weighted by molar-refractivity contribution is 5.81. The van der Waals surface area contributed by atoms with Crippen LogP contribution in [0.2, 0.25) is 0 Å². The maximum Gasteiger partial charge on any atom is 0.134 e. The summed E-state index contributed by atoms with van der Waals surface area (Å²) >= 11 is 0. The van der Waals surface area contributed by atoms with Crippen LogP contribution in [0.5, 0.6) is 0 Å². The zero-order valence-electron chi connectivity index (χ0n) is 13.3. The standard InChI is InChI=1S/C18H26O/c1-11-8-9-14-15(10-11)17(4,5)12(2)16(13(3)19)18(14,6)7/h8-10,12,16H,1-7H3. The van der Waals surface area contributed by atoms with E-state index in [2.05, 4.69) is 59.7 Å². The Morgan fingerprint density at radius 3 is 2.16 bits per heavy atom. The quantitative estimate of drug-likeness (QED) is 0.729. The minimum absolute atomic E-state index is 0.0488. The molecule has 104 valence electrons. The highest BCUT2D eigenvalue weighted by Gasteiger charge is 2.50. The summed E-state index contributed by atoms with van der Waals surface area (Å²) in [5.74, 6) is 0.767. The van der Waals surface area contributed by atoms with Gasteiger partial charge in [-0.2, -0.15) is 0 Å². The van der Waals surface area contributed by atoms with Crippen molar-refractivity contribution in [3.8, 4) is 0 Å². The fraction of sp³-hybridized carbons (Fsp3) is 0.611. The molecule has 2 atom stereocenters. The molecule has 0 radical (unpaired) electrons. The summed E-state index contributed by atoms with van der Waals surface area (Å²) in [6, 6.07) is 6.71. The van der Waals surface area contributed by atoms with Crippen molar-refractivity contribution in [3.63, 3.8) is 0 Å². The molecule has 19 heavy (non-hydrogen) atoms. The summed E-state index contributed by atoms with van der Waals surface area (Å²) in [6.07, 6.45) is 0. The van der Waals surface area contributed by atoms with Crippen LogP contribution >= 0.6 is 0 Å². The first-order valence-corrected chi connectivity index (χ1v) is 7.22. The lowest BCUT2D eigenvalue weighted by molar-refractivity contribution is -0.126. The van der Waals surface area contributed by atoms with E-state index in [0.29, 0.717) is 11.7 Å². The summed E-state index contributed by atoms with van der Waals surface area (Å²) in [5.41, 5.74) is 4.04. The smallest absolute Gasteiger partial charge is 0.134 e. The van der Waals surface area contributed by atoms with E-state index in [1.807, 2.05) is 0 Å². The predicted molar refractivity (Wildman–Crippen MR) is 80.6 cm³/mol. The summed E-state index contributed by atoms with van der Waals surface area (Å²) in [6.45, 7) is 15.1. The molecule has 1 heteroatoms. The maximum atomic E-state index is 12.2. The first kappa shape index (κ1) is 14.3. The molecular weight excluding hydrogens is 232 g/mol. The number of aryl methyl sites for hydroxylation is 1. The zero-order valence-corrected chi connectivity index (χ0v) is 13.3. The molecule has 2 unspecified atom stereocenters. The molecule has 1 aromatic carbocycles.